The number of nitro groups is 1. The molecule has 0 bridgehead atoms. The van der Waals surface area contributed by atoms with Crippen molar-refractivity contribution < 1.29 is 26.5 Å². The molecule has 0 radical (unpaired) electrons. The minimum absolute atomic E-state index is 0.0845. The molecule has 8 nitrogen and oxygen atoms in total. The number of halogens is 3. The lowest BCUT2D eigenvalue weighted by Gasteiger charge is -2.27. The van der Waals surface area contributed by atoms with Crippen LogP contribution < -0.4 is 4.90 Å². The Bertz CT molecular complexity index is 1080. The SMILES string of the molecule is Cc1nn(C)c(C)c1C1CCCN1c1ccc(S(=O)(=O)C(F)(F)F)cc1[N+](=O)[O-]. The minimum atomic E-state index is -5.68. The zero-order valence-electron chi connectivity index (χ0n) is 15.9. The monoisotopic (exact) mass is 432 g/mol. The van der Waals surface area contributed by atoms with Crippen LogP contribution in [0.15, 0.2) is 23.1 Å². The van der Waals surface area contributed by atoms with Gasteiger partial charge < -0.3 is 4.90 Å². The third-order valence-corrected chi connectivity index (χ3v) is 6.70. The Morgan fingerprint density at radius 2 is 1.93 bits per heavy atom. The molecular formula is C17H19F3N4O4S. The van der Waals surface area contributed by atoms with Crippen molar-refractivity contribution in [2.45, 2.75) is 43.1 Å². The van der Waals surface area contributed by atoms with Crippen LogP contribution in [0.3, 0.4) is 0 Å². The van der Waals surface area contributed by atoms with Gasteiger partial charge in [0.2, 0.25) is 0 Å². The van der Waals surface area contributed by atoms with Crippen LogP contribution in [-0.2, 0) is 16.9 Å². The summed E-state index contributed by atoms with van der Waals surface area (Å²) >= 11 is 0. The second-order valence-electron chi connectivity index (χ2n) is 6.92. The second-order valence-corrected chi connectivity index (χ2v) is 8.86. The molecule has 2 aromatic rings. The molecule has 1 atom stereocenters. The average Bonchev–Trinajstić information content (AvgIpc) is 3.17. The summed E-state index contributed by atoms with van der Waals surface area (Å²) in [5.41, 5.74) is -3.57. The van der Waals surface area contributed by atoms with Gasteiger partial charge in [0.25, 0.3) is 15.5 Å². The van der Waals surface area contributed by atoms with Gasteiger partial charge in [-0.25, -0.2) is 8.42 Å². The van der Waals surface area contributed by atoms with Gasteiger partial charge in [0.15, 0.2) is 0 Å². The highest BCUT2D eigenvalue weighted by atomic mass is 32.2. The van der Waals surface area contributed by atoms with E-state index in [1.54, 1.807) is 16.6 Å². The van der Waals surface area contributed by atoms with E-state index in [2.05, 4.69) is 5.10 Å². The number of aryl methyl sites for hydroxylation is 2. The maximum absolute atomic E-state index is 12.9. The number of anilines is 1. The minimum Gasteiger partial charge on any atom is -0.359 e. The normalized spacial score (nSPS) is 17.7. The number of benzene rings is 1. The molecule has 1 saturated heterocycles. The Kier molecular flexibility index (Phi) is 5.10. The van der Waals surface area contributed by atoms with Crippen molar-refractivity contribution in [3.8, 4) is 0 Å². The van der Waals surface area contributed by atoms with Crippen molar-refractivity contribution in [1.29, 1.82) is 0 Å². The Morgan fingerprint density at radius 3 is 2.45 bits per heavy atom. The molecule has 1 fully saturated rings. The number of rotatable bonds is 4. The number of alkyl halides is 3. The molecule has 158 valence electrons. The fourth-order valence-corrected chi connectivity index (χ4v) is 4.60. The maximum Gasteiger partial charge on any atom is 0.501 e. The number of sulfone groups is 1. The Balaban J connectivity index is 2.12. The largest absolute Gasteiger partial charge is 0.501 e. The first-order valence-corrected chi connectivity index (χ1v) is 10.2. The Morgan fingerprint density at radius 1 is 1.28 bits per heavy atom. The van der Waals surface area contributed by atoms with Crippen LogP contribution in [0, 0.1) is 24.0 Å². The van der Waals surface area contributed by atoms with Gasteiger partial charge in [-0.3, -0.25) is 14.8 Å². The highest BCUT2D eigenvalue weighted by Gasteiger charge is 2.47. The van der Waals surface area contributed by atoms with Crippen molar-refractivity contribution in [2.24, 2.45) is 7.05 Å². The van der Waals surface area contributed by atoms with Gasteiger partial charge in [0.05, 0.1) is 21.6 Å². The van der Waals surface area contributed by atoms with Crippen LogP contribution in [0.1, 0.15) is 35.8 Å². The Labute approximate surface area is 165 Å². The van der Waals surface area contributed by atoms with Gasteiger partial charge in [-0.05, 0) is 38.8 Å². The van der Waals surface area contributed by atoms with Gasteiger partial charge in [0, 0.05) is 30.9 Å². The van der Waals surface area contributed by atoms with E-state index in [0.29, 0.717) is 19.0 Å². The smallest absolute Gasteiger partial charge is 0.359 e. The zero-order valence-corrected chi connectivity index (χ0v) is 16.7. The molecular weight excluding hydrogens is 413 g/mol. The topological polar surface area (TPSA) is 98.3 Å². The lowest BCUT2D eigenvalue weighted by molar-refractivity contribution is -0.384. The van der Waals surface area contributed by atoms with Crippen LogP contribution in [0.5, 0.6) is 0 Å². The summed E-state index contributed by atoms with van der Waals surface area (Å²) < 4.78 is 63.6. The summed E-state index contributed by atoms with van der Waals surface area (Å²) in [5.74, 6) is 0. The number of nitro benzene ring substituents is 1. The predicted octanol–water partition coefficient (Wildman–Crippen LogP) is 3.58. The van der Waals surface area contributed by atoms with Crippen LogP contribution in [0.2, 0.25) is 0 Å². The molecule has 1 unspecified atom stereocenters. The van der Waals surface area contributed by atoms with Crippen molar-refractivity contribution in [2.75, 3.05) is 11.4 Å². The standard InChI is InChI=1S/C17H19F3N4O4S/c1-10-16(11(2)22(3)21-10)14-5-4-8-23(14)13-7-6-12(9-15(13)24(25)26)29(27,28)17(18,19)20/h6-7,9,14H,4-5,8H2,1-3H3. The molecule has 1 aromatic heterocycles. The van der Waals surface area contributed by atoms with Crippen molar-refractivity contribution in [3.05, 3.63) is 45.3 Å². The van der Waals surface area contributed by atoms with Crippen LogP contribution in [0.4, 0.5) is 24.5 Å². The summed E-state index contributed by atoms with van der Waals surface area (Å²) in [6.45, 7) is 4.15. The van der Waals surface area contributed by atoms with Crippen molar-refractivity contribution in [1.82, 2.24) is 9.78 Å². The van der Waals surface area contributed by atoms with E-state index in [0.717, 1.165) is 35.5 Å². The van der Waals surface area contributed by atoms with E-state index < -0.39 is 30.9 Å². The third kappa shape index (κ3) is 3.45. The molecule has 1 aliphatic heterocycles. The lowest BCUT2D eigenvalue weighted by Crippen LogP contribution is -2.26. The molecule has 3 rings (SSSR count). The van der Waals surface area contributed by atoms with Gasteiger partial charge in [0.1, 0.15) is 5.69 Å². The van der Waals surface area contributed by atoms with Crippen LogP contribution in [0.25, 0.3) is 0 Å². The van der Waals surface area contributed by atoms with E-state index >= 15 is 0 Å². The number of hydrogen-bond acceptors (Lipinski definition) is 6. The summed E-state index contributed by atoms with van der Waals surface area (Å²) in [6.07, 6.45) is 1.41. The first-order chi connectivity index (χ1) is 13.4. The van der Waals surface area contributed by atoms with E-state index in [1.807, 2.05) is 13.8 Å². The molecule has 0 saturated carbocycles. The molecule has 0 aliphatic carbocycles. The van der Waals surface area contributed by atoms with Crippen LogP contribution in [-0.4, -0.2) is 35.2 Å². The van der Waals surface area contributed by atoms with Crippen molar-refractivity contribution >= 4 is 21.2 Å². The quantitative estimate of drug-likeness (QED) is 0.541. The molecule has 1 aromatic carbocycles. The molecule has 12 heteroatoms. The molecule has 0 spiro atoms. The Hall–Kier alpha value is -2.63. The highest BCUT2D eigenvalue weighted by molar-refractivity contribution is 7.92. The van der Waals surface area contributed by atoms with Gasteiger partial charge in [-0.15, -0.1) is 0 Å². The fraction of sp³-hybridized carbons (Fsp3) is 0.471. The van der Waals surface area contributed by atoms with Gasteiger partial charge in [-0.1, -0.05) is 0 Å². The third-order valence-electron chi connectivity index (χ3n) is 5.22. The molecule has 29 heavy (non-hydrogen) atoms. The number of nitrogens with zero attached hydrogens (tertiary/aromatic N) is 4. The second kappa shape index (κ2) is 7.01. The highest BCUT2D eigenvalue weighted by Crippen LogP contribution is 2.43. The number of hydrogen-bond donors (Lipinski definition) is 0. The molecule has 0 amide bonds. The van der Waals surface area contributed by atoms with Gasteiger partial charge >= 0.3 is 5.51 Å². The lowest BCUT2D eigenvalue weighted by atomic mass is 10.0. The first kappa shape index (κ1) is 21.1. The average molecular weight is 432 g/mol. The molecule has 2 heterocycles. The van der Waals surface area contributed by atoms with Gasteiger partial charge in [-0.2, -0.15) is 18.3 Å². The maximum atomic E-state index is 12.9. The van der Waals surface area contributed by atoms with Crippen LogP contribution >= 0.6 is 0 Å². The van der Waals surface area contributed by atoms with E-state index in [-0.39, 0.29) is 11.7 Å². The number of aromatic nitrogens is 2. The van der Waals surface area contributed by atoms with Crippen molar-refractivity contribution in [3.63, 3.8) is 0 Å². The summed E-state index contributed by atoms with van der Waals surface area (Å²) in [6, 6.07) is 2.09. The zero-order chi connectivity index (χ0) is 21.7. The van der Waals surface area contributed by atoms with E-state index in [1.165, 1.54) is 0 Å². The first-order valence-electron chi connectivity index (χ1n) is 8.72. The summed E-state index contributed by atoms with van der Waals surface area (Å²) in [5, 5.41) is 15.9. The molecule has 1 aliphatic rings. The molecule has 0 N–H and O–H groups in total. The van der Waals surface area contributed by atoms with E-state index in [9.17, 15) is 31.7 Å². The fourth-order valence-electron chi connectivity index (χ4n) is 3.82. The summed E-state index contributed by atoms with van der Waals surface area (Å²) in [7, 11) is -3.90. The predicted molar refractivity (Wildman–Crippen MR) is 98.3 cm³/mol. The summed E-state index contributed by atoms with van der Waals surface area (Å²) in [4.78, 5) is 11.3. The van der Waals surface area contributed by atoms with E-state index in [4.69, 9.17) is 0 Å².